The van der Waals surface area contributed by atoms with E-state index in [1.807, 2.05) is 0 Å². The van der Waals surface area contributed by atoms with Gasteiger partial charge < -0.3 is 4.90 Å². The van der Waals surface area contributed by atoms with Gasteiger partial charge in [0.2, 0.25) is 0 Å². The third kappa shape index (κ3) is 2.68. The molecule has 13 heavy (non-hydrogen) atoms. The van der Waals surface area contributed by atoms with Gasteiger partial charge in [0, 0.05) is 6.54 Å². The van der Waals surface area contributed by atoms with E-state index in [2.05, 4.69) is 30.3 Å². The van der Waals surface area contributed by atoms with E-state index in [0.717, 1.165) is 38.9 Å². The fraction of sp³-hybridized carbons (Fsp3) is 0.900. The van der Waals surface area contributed by atoms with Crippen molar-refractivity contribution in [2.24, 2.45) is 0 Å². The van der Waals surface area contributed by atoms with Crippen LogP contribution in [0.2, 0.25) is 0 Å². The van der Waals surface area contributed by atoms with Crippen molar-refractivity contribution >= 4 is 0 Å². The summed E-state index contributed by atoms with van der Waals surface area (Å²) in [6.45, 7) is 5.10. The van der Waals surface area contributed by atoms with Crippen LogP contribution >= 0.6 is 0 Å². The Morgan fingerprint density at radius 1 is 1.46 bits per heavy atom. The molecule has 0 saturated carbocycles. The summed E-state index contributed by atoms with van der Waals surface area (Å²) in [6.07, 6.45) is 3.06. The van der Waals surface area contributed by atoms with Gasteiger partial charge in [-0.25, -0.2) is 0 Å². The van der Waals surface area contributed by atoms with Crippen LogP contribution in [-0.4, -0.2) is 37.1 Å². The standard InChI is InChI=1S/C10H19N3/c1-3-12-10(9-11)5-4-7-13(2)8-6-10/h12H,3-8H2,1-2H3. The topological polar surface area (TPSA) is 39.1 Å². The summed E-state index contributed by atoms with van der Waals surface area (Å²) in [7, 11) is 2.12. The average molecular weight is 181 g/mol. The van der Waals surface area contributed by atoms with Gasteiger partial charge in [-0.2, -0.15) is 5.26 Å². The van der Waals surface area contributed by atoms with E-state index in [-0.39, 0.29) is 5.54 Å². The van der Waals surface area contributed by atoms with Gasteiger partial charge in [0.05, 0.1) is 6.07 Å². The first-order chi connectivity index (χ1) is 6.22. The van der Waals surface area contributed by atoms with Gasteiger partial charge in [-0.15, -0.1) is 0 Å². The van der Waals surface area contributed by atoms with Gasteiger partial charge >= 0.3 is 0 Å². The van der Waals surface area contributed by atoms with Crippen molar-refractivity contribution in [1.82, 2.24) is 10.2 Å². The molecule has 1 aliphatic heterocycles. The van der Waals surface area contributed by atoms with Gasteiger partial charge in [-0.3, -0.25) is 5.32 Å². The Hall–Kier alpha value is -0.590. The molecular weight excluding hydrogens is 162 g/mol. The molecule has 0 aliphatic carbocycles. The Labute approximate surface area is 80.7 Å². The molecule has 1 heterocycles. The molecule has 1 fully saturated rings. The predicted octanol–water partition coefficient (Wildman–Crippen LogP) is 0.974. The van der Waals surface area contributed by atoms with Gasteiger partial charge in [-0.05, 0) is 39.4 Å². The largest absolute Gasteiger partial charge is 0.306 e. The van der Waals surface area contributed by atoms with Gasteiger partial charge in [0.1, 0.15) is 5.54 Å². The molecule has 1 saturated heterocycles. The van der Waals surface area contributed by atoms with Crippen LogP contribution in [0.5, 0.6) is 0 Å². The number of nitrogens with zero attached hydrogens (tertiary/aromatic N) is 2. The minimum atomic E-state index is -0.250. The van der Waals surface area contributed by atoms with Crippen LogP contribution in [0.15, 0.2) is 0 Å². The zero-order chi connectivity index (χ0) is 9.73. The third-order valence-electron chi connectivity index (χ3n) is 2.79. The highest BCUT2D eigenvalue weighted by Crippen LogP contribution is 2.20. The summed E-state index contributed by atoms with van der Waals surface area (Å²) in [5.74, 6) is 0. The first-order valence-corrected chi connectivity index (χ1v) is 5.07. The lowest BCUT2D eigenvalue weighted by atomic mass is 9.92. The number of rotatable bonds is 2. The van der Waals surface area contributed by atoms with Crippen LogP contribution in [0.25, 0.3) is 0 Å². The Morgan fingerprint density at radius 3 is 2.85 bits per heavy atom. The molecule has 1 atom stereocenters. The summed E-state index contributed by atoms with van der Waals surface area (Å²) in [5, 5.41) is 12.5. The van der Waals surface area contributed by atoms with E-state index >= 15 is 0 Å². The summed E-state index contributed by atoms with van der Waals surface area (Å²) in [5.41, 5.74) is -0.250. The molecule has 0 bridgehead atoms. The lowest BCUT2D eigenvalue weighted by Gasteiger charge is -2.25. The molecule has 0 amide bonds. The molecule has 0 radical (unpaired) electrons. The molecule has 74 valence electrons. The van der Waals surface area contributed by atoms with Crippen molar-refractivity contribution in [2.45, 2.75) is 31.7 Å². The maximum atomic E-state index is 9.15. The van der Waals surface area contributed by atoms with Crippen LogP contribution in [0, 0.1) is 11.3 Å². The zero-order valence-electron chi connectivity index (χ0n) is 8.64. The molecule has 0 aromatic rings. The van der Waals surface area contributed by atoms with Crippen LogP contribution in [-0.2, 0) is 0 Å². The maximum absolute atomic E-state index is 9.15. The quantitative estimate of drug-likeness (QED) is 0.690. The predicted molar refractivity (Wildman–Crippen MR) is 53.4 cm³/mol. The number of nitriles is 1. The Kier molecular flexibility index (Phi) is 3.71. The van der Waals surface area contributed by atoms with Crippen LogP contribution < -0.4 is 5.32 Å². The van der Waals surface area contributed by atoms with Crippen LogP contribution in [0.3, 0.4) is 0 Å². The fourth-order valence-electron chi connectivity index (χ4n) is 1.94. The van der Waals surface area contributed by atoms with Crippen molar-refractivity contribution in [3.05, 3.63) is 0 Å². The van der Waals surface area contributed by atoms with Crippen molar-refractivity contribution in [1.29, 1.82) is 5.26 Å². The van der Waals surface area contributed by atoms with E-state index in [1.165, 1.54) is 0 Å². The number of nitrogens with one attached hydrogen (secondary N) is 1. The number of hydrogen-bond acceptors (Lipinski definition) is 3. The highest BCUT2D eigenvalue weighted by molar-refractivity contribution is 5.08. The molecule has 0 aromatic heterocycles. The summed E-state index contributed by atoms with van der Waals surface area (Å²) in [6, 6.07) is 2.44. The molecular formula is C10H19N3. The SMILES string of the molecule is CCNC1(C#N)CCCN(C)CC1. The third-order valence-corrected chi connectivity index (χ3v) is 2.79. The maximum Gasteiger partial charge on any atom is 0.108 e. The first-order valence-electron chi connectivity index (χ1n) is 5.07. The van der Waals surface area contributed by atoms with Gasteiger partial charge in [-0.1, -0.05) is 6.92 Å². The number of likely N-dealkylation sites (tertiary alicyclic amines) is 1. The highest BCUT2D eigenvalue weighted by Gasteiger charge is 2.30. The number of hydrogen-bond donors (Lipinski definition) is 1. The average Bonchev–Trinajstić information content (AvgIpc) is 2.30. The van der Waals surface area contributed by atoms with Crippen LogP contribution in [0.4, 0.5) is 0 Å². The van der Waals surface area contributed by atoms with Crippen molar-refractivity contribution in [3.63, 3.8) is 0 Å². The Balaban J connectivity index is 2.60. The smallest absolute Gasteiger partial charge is 0.108 e. The molecule has 0 spiro atoms. The second kappa shape index (κ2) is 4.59. The molecule has 0 aromatic carbocycles. The monoisotopic (exact) mass is 181 g/mol. The lowest BCUT2D eigenvalue weighted by molar-refractivity contribution is 0.329. The summed E-state index contributed by atoms with van der Waals surface area (Å²) < 4.78 is 0. The van der Waals surface area contributed by atoms with E-state index in [0.29, 0.717) is 0 Å². The normalized spacial score (nSPS) is 30.8. The minimum absolute atomic E-state index is 0.250. The zero-order valence-corrected chi connectivity index (χ0v) is 8.64. The van der Waals surface area contributed by atoms with Crippen molar-refractivity contribution < 1.29 is 0 Å². The molecule has 1 aliphatic rings. The van der Waals surface area contributed by atoms with E-state index < -0.39 is 0 Å². The van der Waals surface area contributed by atoms with E-state index in [4.69, 9.17) is 5.26 Å². The van der Waals surface area contributed by atoms with Gasteiger partial charge in [0.25, 0.3) is 0 Å². The first kappa shape index (κ1) is 10.5. The summed E-state index contributed by atoms with van der Waals surface area (Å²) >= 11 is 0. The molecule has 1 N–H and O–H groups in total. The van der Waals surface area contributed by atoms with Crippen molar-refractivity contribution in [3.8, 4) is 6.07 Å². The highest BCUT2D eigenvalue weighted by atomic mass is 15.1. The second-order valence-electron chi connectivity index (χ2n) is 3.88. The van der Waals surface area contributed by atoms with E-state index in [1.54, 1.807) is 0 Å². The molecule has 3 heteroatoms. The molecule has 1 rings (SSSR count). The Morgan fingerprint density at radius 2 is 2.23 bits per heavy atom. The molecule has 3 nitrogen and oxygen atoms in total. The summed E-state index contributed by atoms with van der Waals surface area (Å²) in [4.78, 5) is 2.30. The minimum Gasteiger partial charge on any atom is -0.306 e. The fourth-order valence-corrected chi connectivity index (χ4v) is 1.94. The van der Waals surface area contributed by atoms with Gasteiger partial charge in [0.15, 0.2) is 0 Å². The molecule has 1 unspecified atom stereocenters. The lowest BCUT2D eigenvalue weighted by Crippen LogP contribution is -2.44. The second-order valence-corrected chi connectivity index (χ2v) is 3.88. The Bertz CT molecular complexity index is 197. The van der Waals surface area contributed by atoms with Crippen molar-refractivity contribution in [2.75, 3.05) is 26.7 Å². The van der Waals surface area contributed by atoms with Crippen LogP contribution in [0.1, 0.15) is 26.2 Å². The van der Waals surface area contributed by atoms with E-state index in [9.17, 15) is 0 Å².